The number of non-ortho nitro benzene ring substituents is 1. The summed E-state index contributed by atoms with van der Waals surface area (Å²) in [5.74, 6) is -0.0785. The maximum absolute atomic E-state index is 12.5. The van der Waals surface area contributed by atoms with E-state index in [-0.39, 0.29) is 22.8 Å². The van der Waals surface area contributed by atoms with Crippen LogP contribution >= 0.6 is 0 Å². The molecule has 10 nitrogen and oxygen atoms in total. The normalized spacial score (nSPS) is 10.8. The first-order valence-corrected chi connectivity index (χ1v) is 9.74. The molecule has 11 heteroatoms. The topological polar surface area (TPSA) is 128 Å². The standard InChI is InChI=1S/C17H19N3O7S/c1-26-14-6-4-5-12(9-14)19(28(3,24)25)11-17(21)18-15-10-13(20(22)23)7-8-16(15)27-2/h4-10H,11H2,1-3H3,(H,18,21). The third-order valence-corrected chi connectivity index (χ3v) is 4.84. The summed E-state index contributed by atoms with van der Waals surface area (Å²) < 4.78 is 35.4. The van der Waals surface area contributed by atoms with Gasteiger partial charge in [-0.05, 0) is 18.2 Å². The molecule has 0 fully saturated rings. The van der Waals surface area contributed by atoms with Crippen molar-refractivity contribution in [2.75, 3.05) is 36.6 Å². The van der Waals surface area contributed by atoms with E-state index in [1.165, 1.54) is 38.5 Å². The third kappa shape index (κ3) is 5.10. The number of carbonyl (C=O) groups excluding carboxylic acids is 1. The minimum atomic E-state index is -3.79. The fourth-order valence-corrected chi connectivity index (χ4v) is 3.24. The predicted molar refractivity (Wildman–Crippen MR) is 103 cm³/mol. The quantitative estimate of drug-likeness (QED) is 0.522. The van der Waals surface area contributed by atoms with Crippen LogP contribution in [0.2, 0.25) is 0 Å². The zero-order valence-corrected chi connectivity index (χ0v) is 16.2. The van der Waals surface area contributed by atoms with Crippen LogP contribution in [0, 0.1) is 10.1 Å². The van der Waals surface area contributed by atoms with Crippen molar-refractivity contribution in [2.45, 2.75) is 0 Å². The van der Waals surface area contributed by atoms with Crippen molar-refractivity contribution in [3.8, 4) is 11.5 Å². The lowest BCUT2D eigenvalue weighted by molar-refractivity contribution is -0.384. The highest BCUT2D eigenvalue weighted by Gasteiger charge is 2.22. The minimum absolute atomic E-state index is 0.0563. The van der Waals surface area contributed by atoms with Crippen molar-refractivity contribution < 1.29 is 27.6 Å². The van der Waals surface area contributed by atoms with Crippen LogP contribution in [-0.4, -0.2) is 46.3 Å². The number of anilines is 2. The number of nitro benzene ring substituents is 1. The molecule has 28 heavy (non-hydrogen) atoms. The van der Waals surface area contributed by atoms with Gasteiger partial charge in [-0.1, -0.05) is 6.07 Å². The molecule has 0 saturated heterocycles. The van der Waals surface area contributed by atoms with Crippen LogP contribution in [0.1, 0.15) is 0 Å². The van der Waals surface area contributed by atoms with Crippen LogP contribution in [-0.2, 0) is 14.8 Å². The van der Waals surface area contributed by atoms with Crippen LogP contribution < -0.4 is 19.1 Å². The molecule has 0 aliphatic rings. The largest absolute Gasteiger partial charge is 0.497 e. The van der Waals surface area contributed by atoms with Gasteiger partial charge in [0.1, 0.15) is 18.0 Å². The Morgan fingerprint density at radius 2 is 1.89 bits per heavy atom. The molecule has 0 heterocycles. The number of ether oxygens (including phenoxy) is 2. The molecule has 0 spiro atoms. The van der Waals surface area contributed by atoms with Gasteiger partial charge < -0.3 is 14.8 Å². The molecule has 0 unspecified atom stereocenters. The molecule has 2 rings (SSSR count). The number of hydrogen-bond acceptors (Lipinski definition) is 7. The van der Waals surface area contributed by atoms with Crippen LogP contribution in [0.3, 0.4) is 0 Å². The zero-order valence-electron chi connectivity index (χ0n) is 15.4. The molecule has 1 N–H and O–H groups in total. The van der Waals surface area contributed by atoms with Crippen LogP contribution in [0.5, 0.6) is 11.5 Å². The fraction of sp³-hybridized carbons (Fsp3) is 0.235. The van der Waals surface area contributed by atoms with Gasteiger partial charge in [0.2, 0.25) is 15.9 Å². The Bertz CT molecular complexity index is 992. The Morgan fingerprint density at radius 3 is 2.46 bits per heavy atom. The second-order valence-corrected chi connectivity index (χ2v) is 7.57. The second kappa shape index (κ2) is 8.57. The van der Waals surface area contributed by atoms with E-state index in [1.54, 1.807) is 12.1 Å². The summed E-state index contributed by atoms with van der Waals surface area (Å²) >= 11 is 0. The lowest BCUT2D eigenvalue weighted by Crippen LogP contribution is -2.37. The van der Waals surface area contributed by atoms with Gasteiger partial charge in [0.05, 0.1) is 36.8 Å². The fourth-order valence-electron chi connectivity index (χ4n) is 2.39. The van der Waals surface area contributed by atoms with Gasteiger partial charge in [-0.15, -0.1) is 0 Å². The Hall–Kier alpha value is -3.34. The Kier molecular flexibility index (Phi) is 6.41. The first-order chi connectivity index (χ1) is 13.2. The molecule has 0 aliphatic heterocycles. The Morgan fingerprint density at radius 1 is 1.18 bits per heavy atom. The summed E-state index contributed by atoms with van der Waals surface area (Å²) in [7, 11) is -1.01. The second-order valence-electron chi connectivity index (χ2n) is 5.66. The number of amides is 1. The number of carbonyl (C=O) groups is 1. The third-order valence-electron chi connectivity index (χ3n) is 3.70. The number of sulfonamides is 1. The summed E-state index contributed by atoms with van der Waals surface area (Å²) in [5, 5.41) is 13.4. The molecule has 150 valence electrons. The van der Waals surface area contributed by atoms with Crippen molar-refractivity contribution in [1.29, 1.82) is 0 Å². The highest BCUT2D eigenvalue weighted by molar-refractivity contribution is 7.92. The smallest absolute Gasteiger partial charge is 0.271 e. The number of nitrogens with zero attached hydrogens (tertiary/aromatic N) is 2. The van der Waals surface area contributed by atoms with Crippen LogP contribution in [0.15, 0.2) is 42.5 Å². The Labute approximate surface area is 161 Å². The van der Waals surface area contributed by atoms with Gasteiger partial charge in [0, 0.05) is 18.2 Å². The Balaban J connectivity index is 2.30. The first kappa shape index (κ1) is 21.0. The van der Waals surface area contributed by atoms with E-state index < -0.39 is 27.4 Å². The average molecular weight is 409 g/mol. The highest BCUT2D eigenvalue weighted by atomic mass is 32.2. The van der Waals surface area contributed by atoms with E-state index in [2.05, 4.69) is 5.32 Å². The van der Waals surface area contributed by atoms with Gasteiger partial charge in [0.15, 0.2) is 0 Å². The van der Waals surface area contributed by atoms with Crippen molar-refractivity contribution >= 4 is 33.0 Å². The number of nitrogens with one attached hydrogen (secondary N) is 1. The van der Waals surface area contributed by atoms with Crippen molar-refractivity contribution in [3.05, 3.63) is 52.6 Å². The zero-order chi connectivity index (χ0) is 20.9. The molecule has 2 aromatic rings. The van der Waals surface area contributed by atoms with Crippen molar-refractivity contribution in [2.24, 2.45) is 0 Å². The number of benzene rings is 2. The summed E-state index contributed by atoms with van der Waals surface area (Å²) in [4.78, 5) is 22.8. The van der Waals surface area contributed by atoms with Gasteiger partial charge >= 0.3 is 0 Å². The monoisotopic (exact) mass is 409 g/mol. The average Bonchev–Trinajstić information content (AvgIpc) is 2.65. The SMILES string of the molecule is COc1cccc(N(CC(=O)Nc2cc([N+](=O)[O-])ccc2OC)S(C)(=O)=O)c1. The van der Waals surface area contributed by atoms with E-state index in [0.29, 0.717) is 5.75 Å². The van der Waals surface area contributed by atoms with Crippen LogP contribution in [0.4, 0.5) is 17.1 Å². The summed E-state index contributed by atoms with van der Waals surface area (Å²) in [6.07, 6.45) is 0.966. The summed E-state index contributed by atoms with van der Waals surface area (Å²) in [6, 6.07) is 9.92. The summed E-state index contributed by atoms with van der Waals surface area (Å²) in [6.45, 7) is -0.544. The summed E-state index contributed by atoms with van der Waals surface area (Å²) in [5.41, 5.74) is 0.0488. The van der Waals surface area contributed by atoms with Crippen molar-refractivity contribution in [1.82, 2.24) is 0 Å². The maximum Gasteiger partial charge on any atom is 0.271 e. The van der Waals surface area contributed by atoms with E-state index in [0.717, 1.165) is 16.6 Å². The maximum atomic E-state index is 12.5. The lowest BCUT2D eigenvalue weighted by Gasteiger charge is -2.22. The number of nitro groups is 1. The first-order valence-electron chi connectivity index (χ1n) is 7.89. The lowest BCUT2D eigenvalue weighted by atomic mass is 10.2. The van der Waals surface area contributed by atoms with E-state index in [9.17, 15) is 23.3 Å². The molecule has 0 saturated carbocycles. The van der Waals surface area contributed by atoms with Gasteiger partial charge in [0.25, 0.3) is 5.69 Å². The number of rotatable bonds is 8. The van der Waals surface area contributed by atoms with Gasteiger partial charge in [-0.3, -0.25) is 19.2 Å². The number of hydrogen-bond donors (Lipinski definition) is 1. The van der Waals surface area contributed by atoms with Crippen molar-refractivity contribution in [3.63, 3.8) is 0 Å². The van der Waals surface area contributed by atoms with Crippen LogP contribution in [0.25, 0.3) is 0 Å². The highest BCUT2D eigenvalue weighted by Crippen LogP contribution is 2.29. The molecular formula is C17H19N3O7S. The molecule has 0 radical (unpaired) electrons. The molecule has 2 aromatic carbocycles. The molecule has 0 aliphatic carbocycles. The van der Waals surface area contributed by atoms with Gasteiger partial charge in [-0.2, -0.15) is 0 Å². The molecule has 0 aromatic heterocycles. The molecular weight excluding hydrogens is 390 g/mol. The number of methoxy groups -OCH3 is 2. The minimum Gasteiger partial charge on any atom is -0.497 e. The molecule has 0 atom stereocenters. The predicted octanol–water partition coefficient (Wildman–Crippen LogP) is 2.02. The van der Waals surface area contributed by atoms with E-state index >= 15 is 0 Å². The van der Waals surface area contributed by atoms with Gasteiger partial charge in [-0.25, -0.2) is 8.42 Å². The van der Waals surface area contributed by atoms with E-state index in [4.69, 9.17) is 9.47 Å². The molecule has 0 bridgehead atoms. The molecule has 1 amide bonds. The van der Waals surface area contributed by atoms with E-state index in [1.807, 2.05) is 0 Å².